The molecular weight excluding hydrogens is 624 g/mol. The minimum Gasteiger partial charge on any atom is -0.496 e. The predicted molar refractivity (Wildman–Crippen MR) is 167 cm³/mol. The summed E-state index contributed by atoms with van der Waals surface area (Å²) >= 11 is 1.06. The molecule has 2 atom stereocenters. The Hall–Kier alpha value is -4.49. The first kappa shape index (κ1) is 31.5. The zero-order valence-electron chi connectivity index (χ0n) is 24.6. The standard InChI is InChI=1S/C33H30F4N4O4S/c1-45-26-11-6-17(18-12-20-8-9-21(13-18)41(20)16-28(38)42)14-23(26)31(43)40-29-22-4-2-3-5-27(22)46-30(29)32(44)39-19-7-10-25(34)24(15-19)33(35,36)37/h2-7,10-11,14-15,18,20-21H,8-9,12-13,16H2,1H3,(H2,38,42)(H,39,44)(H,40,43). The van der Waals surface area contributed by atoms with Crippen LogP contribution in [-0.4, -0.2) is 48.4 Å². The number of nitrogens with two attached hydrogens (primary N) is 1. The van der Waals surface area contributed by atoms with Gasteiger partial charge in [-0.05, 0) is 73.6 Å². The number of alkyl halides is 3. The average Bonchev–Trinajstić information content (AvgIpc) is 3.48. The second-order valence-electron chi connectivity index (χ2n) is 11.6. The highest BCUT2D eigenvalue weighted by atomic mass is 32.1. The molecule has 0 radical (unpaired) electrons. The first-order valence-electron chi connectivity index (χ1n) is 14.7. The van der Waals surface area contributed by atoms with Crippen LogP contribution in [0.4, 0.5) is 28.9 Å². The van der Waals surface area contributed by atoms with E-state index in [2.05, 4.69) is 15.5 Å². The van der Waals surface area contributed by atoms with E-state index >= 15 is 0 Å². The van der Waals surface area contributed by atoms with Crippen molar-refractivity contribution in [3.63, 3.8) is 0 Å². The molecule has 2 fully saturated rings. The number of nitrogens with one attached hydrogen (secondary N) is 2. The normalized spacial score (nSPS) is 19.6. The number of primary amides is 1. The van der Waals surface area contributed by atoms with Crippen LogP contribution in [0, 0.1) is 5.82 Å². The van der Waals surface area contributed by atoms with E-state index in [0.717, 1.165) is 48.6 Å². The van der Waals surface area contributed by atoms with Crippen molar-refractivity contribution in [2.75, 3.05) is 24.3 Å². The predicted octanol–water partition coefficient (Wildman–Crippen LogP) is 6.77. The number of piperidine rings is 1. The van der Waals surface area contributed by atoms with Gasteiger partial charge in [0, 0.05) is 27.9 Å². The van der Waals surface area contributed by atoms with Crippen molar-refractivity contribution < 1.29 is 36.7 Å². The first-order valence-corrected chi connectivity index (χ1v) is 15.5. The second kappa shape index (κ2) is 12.4. The van der Waals surface area contributed by atoms with Crippen molar-refractivity contribution in [3.8, 4) is 5.75 Å². The summed E-state index contributed by atoms with van der Waals surface area (Å²) in [6.45, 7) is 0.230. The van der Waals surface area contributed by atoms with Gasteiger partial charge in [0.2, 0.25) is 5.91 Å². The van der Waals surface area contributed by atoms with E-state index in [4.69, 9.17) is 10.5 Å². The number of carbonyl (C=O) groups excluding carboxylic acids is 3. The van der Waals surface area contributed by atoms with Gasteiger partial charge in [-0.15, -0.1) is 11.3 Å². The SMILES string of the molecule is COc1ccc(C2CC3CCC(C2)N3CC(N)=O)cc1C(=O)Nc1c(C(=O)Nc2ccc(F)c(C(F)(F)F)c2)sc2ccccc12. The highest BCUT2D eigenvalue weighted by Gasteiger charge is 2.41. The Morgan fingerprint density at radius 2 is 1.70 bits per heavy atom. The van der Waals surface area contributed by atoms with Gasteiger partial charge in [-0.3, -0.25) is 19.3 Å². The van der Waals surface area contributed by atoms with Crippen molar-refractivity contribution in [2.24, 2.45) is 5.73 Å². The summed E-state index contributed by atoms with van der Waals surface area (Å²) in [7, 11) is 1.45. The Balaban J connectivity index is 1.28. The summed E-state index contributed by atoms with van der Waals surface area (Å²) in [6, 6.07) is 15.1. The van der Waals surface area contributed by atoms with Crippen LogP contribution in [-0.2, 0) is 11.0 Å². The highest BCUT2D eigenvalue weighted by Crippen LogP contribution is 2.44. The molecule has 4 aromatic rings. The van der Waals surface area contributed by atoms with Crippen LogP contribution in [0.3, 0.4) is 0 Å². The minimum atomic E-state index is -4.95. The van der Waals surface area contributed by atoms with Crippen LogP contribution < -0.4 is 21.1 Å². The minimum absolute atomic E-state index is 0.0564. The van der Waals surface area contributed by atoms with Crippen LogP contribution in [0.1, 0.15) is 62.8 Å². The van der Waals surface area contributed by atoms with E-state index in [9.17, 15) is 31.9 Å². The molecule has 2 saturated heterocycles. The first-order chi connectivity index (χ1) is 21.9. The molecule has 13 heteroatoms. The fraction of sp³-hybridized carbons (Fsp3) is 0.303. The van der Waals surface area contributed by atoms with Gasteiger partial charge >= 0.3 is 6.18 Å². The van der Waals surface area contributed by atoms with Gasteiger partial charge in [-0.1, -0.05) is 24.3 Å². The number of ether oxygens (including phenoxy) is 1. The number of hydrogen-bond acceptors (Lipinski definition) is 6. The smallest absolute Gasteiger partial charge is 0.419 e. The van der Waals surface area contributed by atoms with E-state index in [-0.39, 0.29) is 52.3 Å². The summed E-state index contributed by atoms with van der Waals surface area (Å²) < 4.78 is 59.9. The van der Waals surface area contributed by atoms with Gasteiger partial charge in [0.05, 0.1) is 30.5 Å². The molecular formula is C33H30F4N4O4S. The number of hydrogen-bond donors (Lipinski definition) is 3. The number of rotatable bonds is 8. The molecule has 0 spiro atoms. The van der Waals surface area contributed by atoms with E-state index in [1.165, 1.54) is 7.11 Å². The average molecular weight is 655 g/mol. The summed E-state index contributed by atoms with van der Waals surface area (Å²) in [5, 5.41) is 5.83. The monoisotopic (exact) mass is 654 g/mol. The molecule has 2 bridgehead atoms. The molecule has 0 saturated carbocycles. The zero-order valence-corrected chi connectivity index (χ0v) is 25.4. The topological polar surface area (TPSA) is 114 Å². The summed E-state index contributed by atoms with van der Waals surface area (Å²) in [4.78, 5) is 41.1. The lowest BCUT2D eigenvalue weighted by molar-refractivity contribution is -0.140. The molecule has 2 unspecified atom stereocenters. The third kappa shape index (κ3) is 6.16. The Bertz CT molecular complexity index is 1830. The van der Waals surface area contributed by atoms with Gasteiger partial charge in [-0.25, -0.2) is 4.39 Å². The number of halogens is 4. The fourth-order valence-electron chi connectivity index (χ4n) is 6.66. The van der Waals surface area contributed by atoms with Crippen molar-refractivity contribution in [2.45, 2.75) is 49.9 Å². The molecule has 4 N–H and O–H groups in total. The third-order valence-electron chi connectivity index (χ3n) is 8.73. The maximum absolute atomic E-state index is 13.9. The summed E-state index contributed by atoms with van der Waals surface area (Å²) in [5.41, 5.74) is 5.11. The molecule has 3 aromatic carbocycles. The van der Waals surface area contributed by atoms with Gasteiger partial charge in [0.1, 0.15) is 16.4 Å². The van der Waals surface area contributed by atoms with Gasteiger partial charge in [0.25, 0.3) is 11.8 Å². The molecule has 2 aliphatic rings. The number of methoxy groups -OCH3 is 1. The summed E-state index contributed by atoms with van der Waals surface area (Å²) in [6.07, 6.45) is -1.37. The number of carbonyl (C=O) groups is 3. The zero-order chi connectivity index (χ0) is 32.7. The number of anilines is 2. The Labute approximate surface area is 265 Å². The third-order valence-corrected chi connectivity index (χ3v) is 9.90. The quantitative estimate of drug-likeness (QED) is 0.182. The summed E-state index contributed by atoms with van der Waals surface area (Å²) in [5.74, 6) is -2.63. The van der Waals surface area contributed by atoms with Gasteiger partial charge in [0.15, 0.2) is 0 Å². The second-order valence-corrected chi connectivity index (χ2v) is 12.6. The van der Waals surface area contributed by atoms with Crippen molar-refractivity contribution in [1.82, 2.24) is 4.90 Å². The lowest BCUT2D eigenvalue weighted by atomic mass is 9.84. The van der Waals surface area contributed by atoms with Crippen molar-refractivity contribution >= 4 is 50.5 Å². The molecule has 3 heterocycles. The van der Waals surface area contributed by atoms with Gasteiger partial charge < -0.3 is 21.1 Å². The van der Waals surface area contributed by atoms with E-state index in [0.29, 0.717) is 28.0 Å². The number of nitrogens with zero attached hydrogens (tertiary/aromatic N) is 1. The lowest BCUT2D eigenvalue weighted by Crippen LogP contribution is -2.46. The van der Waals surface area contributed by atoms with E-state index < -0.39 is 29.4 Å². The molecule has 240 valence electrons. The Kier molecular flexibility index (Phi) is 8.47. The fourth-order valence-corrected chi connectivity index (χ4v) is 7.71. The maximum Gasteiger partial charge on any atom is 0.419 e. The Morgan fingerprint density at radius 3 is 2.37 bits per heavy atom. The molecule has 2 aliphatic heterocycles. The molecule has 0 aliphatic carbocycles. The van der Waals surface area contributed by atoms with Crippen LogP contribution in [0.25, 0.3) is 10.1 Å². The molecule has 46 heavy (non-hydrogen) atoms. The van der Waals surface area contributed by atoms with Crippen LogP contribution in [0.2, 0.25) is 0 Å². The molecule has 1 aromatic heterocycles. The van der Waals surface area contributed by atoms with Crippen molar-refractivity contribution in [3.05, 3.63) is 88.0 Å². The number of fused-ring (bicyclic) bond motifs is 3. The lowest BCUT2D eigenvalue weighted by Gasteiger charge is -2.38. The van der Waals surface area contributed by atoms with Gasteiger partial charge in [-0.2, -0.15) is 13.2 Å². The number of thiophene rings is 1. The molecule has 3 amide bonds. The highest BCUT2D eigenvalue weighted by molar-refractivity contribution is 7.21. The molecule has 8 nitrogen and oxygen atoms in total. The Morgan fingerprint density at radius 1 is 0.978 bits per heavy atom. The van der Waals surface area contributed by atoms with E-state index in [1.54, 1.807) is 36.4 Å². The largest absolute Gasteiger partial charge is 0.496 e. The van der Waals surface area contributed by atoms with Crippen LogP contribution in [0.5, 0.6) is 5.75 Å². The van der Waals surface area contributed by atoms with Crippen LogP contribution in [0.15, 0.2) is 60.7 Å². The maximum atomic E-state index is 13.9. The number of amides is 3. The van der Waals surface area contributed by atoms with Crippen LogP contribution >= 0.6 is 11.3 Å². The number of benzene rings is 3. The molecule has 6 rings (SSSR count). The van der Waals surface area contributed by atoms with E-state index in [1.807, 2.05) is 6.07 Å². The van der Waals surface area contributed by atoms with Crippen molar-refractivity contribution in [1.29, 1.82) is 0 Å².